The van der Waals surface area contributed by atoms with E-state index in [0.717, 1.165) is 72.8 Å². The summed E-state index contributed by atoms with van der Waals surface area (Å²) in [5.74, 6) is 7.54. The Morgan fingerprint density at radius 2 is 0.721 bits per heavy atom. The third-order valence-corrected chi connectivity index (χ3v) is 19.0. The van der Waals surface area contributed by atoms with Crippen molar-refractivity contribution in [1.82, 2.24) is 29.1 Å². The van der Waals surface area contributed by atoms with E-state index >= 15 is 0 Å². The second kappa shape index (κ2) is 39.0. The molecule has 0 bridgehead atoms. The van der Waals surface area contributed by atoms with Crippen molar-refractivity contribution in [3.05, 3.63) is 352 Å². The zero-order chi connectivity index (χ0) is 75.9. The Morgan fingerprint density at radius 3 is 1.11 bits per heavy atom. The third-order valence-electron chi connectivity index (χ3n) is 17.4. The van der Waals surface area contributed by atoms with Crippen LogP contribution in [0.25, 0.3) is 78.5 Å². The Labute approximate surface area is 745 Å². The van der Waals surface area contributed by atoms with Crippen LogP contribution in [0.3, 0.4) is 0 Å². The number of ether oxygens (including phenoxy) is 5. The number of carbonyl (C=O) groups is 1. The monoisotopic (exact) mass is 1650 g/mol. The van der Waals surface area contributed by atoms with Crippen LogP contribution in [0.1, 0.15) is 34.8 Å². The van der Waals surface area contributed by atoms with Crippen molar-refractivity contribution in [2.24, 2.45) is 0 Å². The molecule has 0 saturated carbocycles. The van der Waals surface area contributed by atoms with Gasteiger partial charge in [0.25, 0.3) is 6.47 Å². The number of halogens is 3. The second-order valence-corrected chi connectivity index (χ2v) is 26.9. The topological polar surface area (TPSA) is 177 Å². The standard InChI is InChI=1S/C45H34BrN3O3.C23H15BrFNO2.C22H20N2O.CH2O3.2K.H/c1-29-26-30(2)44(31(3)27-29)49-39-13-8-7-12-38(39)48-45(49)33-16-18-35(19-17-33)50-40-14-9-15-41(43(40)46)51-36-20-22-37(23-21-36)52-42-28-34(24-25-47-42)32-10-5-4-6-11-32;24-23-20(25)7-4-8-21(23)27-18-9-11-19(12-10-18)28-22-15-17(13-14-26-22)16-5-2-1-3-6-16;1-14-12-15(2)21(16(3)13-14)24-20-7-5-4-6-19(20)23-22(24)17-8-10-18(25)11-9-17;2-1-4-3;;;/h4-28H,1-3H3;1-15H;4-13,25H,1-3H3;1,3H;;;/q;;;;2*+1;-1/p-1. The van der Waals surface area contributed by atoms with E-state index in [9.17, 15) is 9.50 Å². The molecule has 20 heteroatoms. The van der Waals surface area contributed by atoms with E-state index < -0.39 is 0 Å². The minimum Gasteiger partial charge on any atom is -1.00 e. The SMILES string of the molecule is Cc1cc(C)c(-n2c(-c3ccc(O)cc3)nc3ccccc32)c(C)c1.Cc1cc(C)c(-n2c(-c3ccc(Oc4cccc(Oc5ccc(Oc6cc(-c7ccccc7)ccn6)cc5)c4Br)cc3)nc3ccccc32)c(C)c1.Fc1cccc(Oc2ccc(Oc3cc(-c4ccccc4)ccn3)cc2)c1Br.O=CO[O-].[H-].[K+].[K+]. The molecule has 0 amide bonds. The van der Waals surface area contributed by atoms with Crippen LogP contribution < -0.4 is 132 Å². The molecule has 4 aromatic heterocycles. The van der Waals surface area contributed by atoms with Gasteiger partial charge in [-0.25, -0.2) is 24.3 Å². The summed E-state index contributed by atoms with van der Waals surface area (Å²) in [6.45, 7) is 12.7. The fourth-order valence-electron chi connectivity index (χ4n) is 12.8. The van der Waals surface area contributed by atoms with Gasteiger partial charge < -0.3 is 40.4 Å². The minimum atomic E-state index is -0.373. The molecule has 542 valence electrons. The first-order chi connectivity index (χ1) is 53.0. The molecule has 0 saturated heterocycles. The van der Waals surface area contributed by atoms with Crippen molar-refractivity contribution in [3.8, 4) is 120 Å². The maximum Gasteiger partial charge on any atom is 1.00 e. The molecule has 16 rings (SSSR count). The van der Waals surface area contributed by atoms with Gasteiger partial charge in [0.2, 0.25) is 11.8 Å². The number of phenols is 1. The summed E-state index contributed by atoms with van der Waals surface area (Å²) in [4.78, 5) is 29.8. The Morgan fingerprint density at radius 1 is 0.387 bits per heavy atom. The number of phenolic OH excluding ortho intramolecular Hbond substituents is 1. The van der Waals surface area contributed by atoms with Crippen LogP contribution in [-0.2, 0) is 9.68 Å². The van der Waals surface area contributed by atoms with Gasteiger partial charge in [-0.1, -0.05) is 132 Å². The maximum absolute atomic E-state index is 13.6. The molecule has 0 spiro atoms. The summed E-state index contributed by atoms with van der Waals surface area (Å²) in [6, 6.07) is 93.4. The molecule has 0 aliphatic rings. The van der Waals surface area contributed by atoms with E-state index in [1.807, 2.05) is 164 Å². The summed E-state index contributed by atoms with van der Waals surface area (Å²) in [5, 5.41) is 18.1. The predicted molar refractivity (Wildman–Crippen MR) is 432 cm³/mol. The van der Waals surface area contributed by atoms with Crippen molar-refractivity contribution >= 4 is 60.4 Å². The van der Waals surface area contributed by atoms with E-state index in [1.54, 1.807) is 60.9 Å². The maximum atomic E-state index is 13.6. The first-order valence-electron chi connectivity index (χ1n) is 34.6. The molecule has 1 N–H and O–H groups in total. The van der Waals surface area contributed by atoms with Crippen LogP contribution in [-0.4, -0.2) is 40.6 Å². The number of carbonyl (C=O) groups excluding carboxylic acids is 1. The van der Waals surface area contributed by atoms with Crippen LogP contribution in [0.2, 0.25) is 0 Å². The number of benzene rings is 12. The van der Waals surface area contributed by atoms with Gasteiger partial charge in [0.05, 0.1) is 37.9 Å². The molecule has 111 heavy (non-hydrogen) atoms. The first kappa shape index (κ1) is 82.2. The molecule has 4 heterocycles. The van der Waals surface area contributed by atoms with E-state index in [-0.39, 0.29) is 127 Å². The van der Waals surface area contributed by atoms with Crippen molar-refractivity contribution in [2.75, 3.05) is 0 Å². The summed E-state index contributed by atoms with van der Waals surface area (Å²) < 4.78 is 49.3. The largest absolute Gasteiger partial charge is 1.00 e. The zero-order valence-corrected chi connectivity index (χ0v) is 71.4. The van der Waals surface area contributed by atoms with Crippen molar-refractivity contribution < 1.29 is 152 Å². The van der Waals surface area contributed by atoms with Gasteiger partial charge in [-0.2, -0.15) is 0 Å². The summed E-state index contributed by atoms with van der Waals surface area (Å²) in [7, 11) is 0. The number of fused-ring (bicyclic) bond motifs is 2. The molecule has 0 aliphatic heterocycles. The zero-order valence-electron chi connectivity index (χ0n) is 63.0. The van der Waals surface area contributed by atoms with E-state index in [2.05, 4.69) is 170 Å². The van der Waals surface area contributed by atoms with Gasteiger partial charge in [0, 0.05) is 35.7 Å². The molecular formula is C91H71Br2FK2N6O9. The van der Waals surface area contributed by atoms with Gasteiger partial charge in [0.1, 0.15) is 73.7 Å². The smallest absolute Gasteiger partial charge is 1.00 e. The van der Waals surface area contributed by atoms with Crippen molar-refractivity contribution in [1.29, 1.82) is 0 Å². The molecular weight excluding hydrogens is 1580 g/mol. The molecule has 0 radical (unpaired) electrons. The average molecular weight is 1650 g/mol. The van der Waals surface area contributed by atoms with Gasteiger partial charge in [-0.05, 0) is 276 Å². The van der Waals surface area contributed by atoms with Gasteiger partial charge in [-0.3, -0.25) is 13.9 Å². The number of aromatic nitrogens is 6. The van der Waals surface area contributed by atoms with E-state index in [1.165, 1.54) is 45.1 Å². The number of hydrogen-bond acceptors (Lipinski definition) is 13. The number of nitrogens with zero attached hydrogens (tertiary/aromatic N) is 6. The first-order valence-corrected chi connectivity index (χ1v) is 36.2. The average Bonchev–Trinajstić information content (AvgIpc) is 1.60. The van der Waals surface area contributed by atoms with Crippen LogP contribution >= 0.6 is 31.9 Å². The number of aryl methyl sites for hydroxylation is 6. The molecule has 15 nitrogen and oxygen atoms in total. The molecule has 12 aromatic carbocycles. The van der Waals surface area contributed by atoms with Gasteiger partial charge >= 0.3 is 103 Å². The minimum absolute atomic E-state index is 0. The van der Waals surface area contributed by atoms with Crippen LogP contribution in [0, 0.1) is 47.4 Å². The summed E-state index contributed by atoms with van der Waals surface area (Å²) in [6.07, 6.45) is 3.47. The van der Waals surface area contributed by atoms with Crippen LogP contribution in [0.15, 0.2) is 313 Å². The quantitative estimate of drug-likeness (QED) is 0.0395. The third kappa shape index (κ3) is 20.5. The van der Waals surface area contributed by atoms with Crippen LogP contribution in [0.5, 0.6) is 63.5 Å². The number of aromatic hydroxyl groups is 1. The Balaban J connectivity index is 0.000000187. The number of rotatable bonds is 17. The Bertz CT molecular complexity index is 5830. The van der Waals surface area contributed by atoms with Crippen LogP contribution in [0.4, 0.5) is 4.39 Å². The molecule has 16 aromatic rings. The normalized spacial score (nSPS) is 10.5. The summed E-state index contributed by atoms with van der Waals surface area (Å²) >= 11 is 6.90. The van der Waals surface area contributed by atoms with Crippen molar-refractivity contribution in [2.45, 2.75) is 41.5 Å². The van der Waals surface area contributed by atoms with Crippen molar-refractivity contribution in [3.63, 3.8) is 0 Å². The van der Waals surface area contributed by atoms with E-state index in [4.69, 9.17) is 43.7 Å². The van der Waals surface area contributed by atoms with E-state index in [0.29, 0.717) is 62.2 Å². The fourth-order valence-corrected chi connectivity index (χ4v) is 13.5. The molecule has 0 fully saturated rings. The Hall–Kier alpha value is -9.73. The fraction of sp³-hybridized carbons (Fsp3) is 0.0659. The van der Waals surface area contributed by atoms with Gasteiger partial charge in [0.15, 0.2) is 0 Å². The molecule has 0 unspecified atom stereocenters. The molecule has 0 aliphatic carbocycles. The predicted octanol–water partition coefficient (Wildman–Crippen LogP) is 17.9. The number of para-hydroxylation sites is 4. The molecule has 0 atom stereocenters. The Kier molecular flexibility index (Phi) is 28.9. The summed E-state index contributed by atoms with van der Waals surface area (Å²) in [5.41, 5.74) is 20.0. The second-order valence-electron chi connectivity index (χ2n) is 25.3. The number of imidazole rings is 2. The number of pyridine rings is 2. The van der Waals surface area contributed by atoms with Gasteiger partial charge in [-0.15, -0.1) is 0 Å². The number of hydrogen-bond donors (Lipinski definition) is 1.